The van der Waals surface area contributed by atoms with Gasteiger partial charge in [0.1, 0.15) is 5.75 Å². The number of benzene rings is 1. The molecule has 0 bridgehead atoms. The molecule has 25 heavy (non-hydrogen) atoms. The van der Waals surface area contributed by atoms with Crippen molar-refractivity contribution in [2.75, 3.05) is 25.4 Å². The highest BCUT2D eigenvalue weighted by molar-refractivity contribution is 8.00. The lowest BCUT2D eigenvalue weighted by molar-refractivity contribution is -0.153. The van der Waals surface area contributed by atoms with Crippen LogP contribution in [0.5, 0.6) is 5.75 Å². The van der Waals surface area contributed by atoms with Crippen molar-refractivity contribution in [1.29, 1.82) is 0 Å². The first-order valence-electron chi connectivity index (χ1n) is 8.38. The van der Waals surface area contributed by atoms with Gasteiger partial charge in [0.2, 0.25) is 0 Å². The molecule has 4 nitrogen and oxygen atoms in total. The van der Waals surface area contributed by atoms with Crippen LogP contribution in [0.2, 0.25) is 0 Å². The van der Waals surface area contributed by atoms with Crippen molar-refractivity contribution >= 4 is 17.7 Å². The smallest absolute Gasteiger partial charge is 0.422 e. The molecule has 0 aliphatic carbocycles. The summed E-state index contributed by atoms with van der Waals surface area (Å²) in [5.74, 6) is 2.13. The van der Waals surface area contributed by atoms with Gasteiger partial charge < -0.3 is 15.4 Å². The van der Waals surface area contributed by atoms with Gasteiger partial charge in [-0.15, -0.1) is 0 Å². The van der Waals surface area contributed by atoms with E-state index in [1.54, 1.807) is 12.1 Å². The molecule has 1 aliphatic rings. The number of nitrogens with one attached hydrogen (secondary N) is 2. The predicted octanol–water partition coefficient (Wildman–Crippen LogP) is 3.58. The van der Waals surface area contributed by atoms with Crippen LogP contribution in [-0.2, 0) is 6.54 Å². The number of nitrogens with zero attached hydrogens (tertiary/aromatic N) is 1. The van der Waals surface area contributed by atoms with Crippen LogP contribution in [0.1, 0.15) is 25.3 Å². The molecule has 1 atom stereocenters. The van der Waals surface area contributed by atoms with Crippen LogP contribution in [0.3, 0.4) is 0 Å². The number of hydrogen-bond acceptors (Lipinski definition) is 3. The number of hydrogen-bond donors (Lipinski definition) is 2. The van der Waals surface area contributed by atoms with Crippen LogP contribution < -0.4 is 15.4 Å². The molecule has 1 unspecified atom stereocenters. The average Bonchev–Trinajstić information content (AvgIpc) is 3.09. The lowest BCUT2D eigenvalue weighted by atomic mass is 10.2. The average molecular weight is 375 g/mol. The molecule has 0 spiro atoms. The summed E-state index contributed by atoms with van der Waals surface area (Å²) < 4.78 is 41.5. The molecular weight excluding hydrogens is 351 g/mol. The summed E-state index contributed by atoms with van der Waals surface area (Å²) in [4.78, 5) is 4.50. The second kappa shape index (κ2) is 9.79. The largest absolute Gasteiger partial charge is 0.484 e. The molecule has 1 heterocycles. The molecule has 140 valence electrons. The van der Waals surface area contributed by atoms with Crippen LogP contribution in [0.4, 0.5) is 13.2 Å². The minimum atomic E-state index is -4.34. The molecule has 1 aromatic carbocycles. The summed E-state index contributed by atoms with van der Waals surface area (Å²) in [5.41, 5.74) is 0.798. The highest BCUT2D eigenvalue weighted by Crippen LogP contribution is 2.25. The van der Waals surface area contributed by atoms with E-state index >= 15 is 0 Å². The highest BCUT2D eigenvalue weighted by atomic mass is 32.2. The predicted molar refractivity (Wildman–Crippen MR) is 96.3 cm³/mol. The SMILES string of the molecule is CCNC(=NCc1cccc(OCC(F)(F)F)c1)NCC1CCCS1. The van der Waals surface area contributed by atoms with Gasteiger partial charge in [0.15, 0.2) is 12.6 Å². The van der Waals surface area contributed by atoms with Crippen molar-refractivity contribution in [1.82, 2.24) is 10.6 Å². The van der Waals surface area contributed by atoms with E-state index in [0.29, 0.717) is 11.8 Å². The lowest BCUT2D eigenvalue weighted by Crippen LogP contribution is -2.40. The molecule has 2 N–H and O–H groups in total. The van der Waals surface area contributed by atoms with Crippen LogP contribution in [0.25, 0.3) is 0 Å². The lowest BCUT2D eigenvalue weighted by Gasteiger charge is -2.14. The monoisotopic (exact) mass is 375 g/mol. The maximum atomic E-state index is 12.2. The fourth-order valence-corrected chi connectivity index (χ4v) is 3.63. The fourth-order valence-electron chi connectivity index (χ4n) is 2.43. The Hall–Kier alpha value is -1.57. The maximum Gasteiger partial charge on any atom is 0.422 e. The first-order chi connectivity index (χ1) is 12.0. The molecule has 1 aliphatic heterocycles. The minimum absolute atomic E-state index is 0.199. The first-order valence-corrected chi connectivity index (χ1v) is 9.43. The van der Waals surface area contributed by atoms with Gasteiger partial charge in [-0.2, -0.15) is 24.9 Å². The van der Waals surface area contributed by atoms with E-state index in [4.69, 9.17) is 4.74 Å². The second-order valence-electron chi connectivity index (χ2n) is 5.76. The van der Waals surface area contributed by atoms with E-state index in [2.05, 4.69) is 15.6 Å². The zero-order chi connectivity index (χ0) is 18.1. The molecular formula is C17H24F3N3OS. The summed E-state index contributed by atoms with van der Waals surface area (Å²) in [6.07, 6.45) is -1.86. The van der Waals surface area contributed by atoms with E-state index in [-0.39, 0.29) is 5.75 Å². The van der Waals surface area contributed by atoms with E-state index in [0.717, 1.165) is 24.6 Å². The Bertz CT molecular complexity index is 560. The Morgan fingerprint density at radius 2 is 2.20 bits per heavy atom. The molecule has 0 aromatic heterocycles. The molecule has 0 amide bonds. The van der Waals surface area contributed by atoms with E-state index in [1.807, 2.05) is 24.8 Å². The third-order valence-electron chi connectivity index (χ3n) is 3.59. The van der Waals surface area contributed by atoms with Gasteiger partial charge in [-0.25, -0.2) is 4.99 Å². The molecule has 8 heteroatoms. The first kappa shape index (κ1) is 19.8. The summed E-state index contributed by atoms with van der Waals surface area (Å²) in [6, 6.07) is 6.60. The Balaban J connectivity index is 1.89. The number of ether oxygens (including phenoxy) is 1. The molecule has 1 fully saturated rings. The van der Waals surface area contributed by atoms with Gasteiger partial charge in [0, 0.05) is 18.3 Å². The standard InChI is InChI=1S/C17H24F3N3OS/c1-2-21-16(23-11-15-7-4-8-25-15)22-10-13-5-3-6-14(9-13)24-12-17(18,19)20/h3,5-6,9,15H,2,4,7-8,10-12H2,1H3,(H2,21,22,23). The molecule has 2 rings (SSSR count). The number of rotatable bonds is 7. The number of alkyl halides is 3. The fraction of sp³-hybridized carbons (Fsp3) is 0.588. The summed E-state index contributed by atoms with van der Waals surface area (Å²) in [6.45, 7) is 2.69. The van der Waals surface area contributed by atoms with Crippen molar-refractivity contribution in [3.8, 4) is 5.75 Å². The molecule has 1 saturated heterocycles. The van der Waals surface area contributed by atoms with Gasteiger partial charge in [0.05, 0.1) is 6.54 Å². The van der Waals surface area contributed by atoms with Gasteiger partial charge in [-0.1, -0.05) is 12.1 Å². The third-order valence-corrected chi connectivity index (χ3v) is 4.98. The maximum absolute atomic E-state index is 12.2. The van der Waals surface area contributed by atoms with Crippen molar-refractivity contribution in [2.24, 2.45) is 4.99 Å². The summed E-state index contributed by atoms with van der Waals surface area (Å²) >= 11 is 1.97. The summed E-state index contributed by atoms with van der Waals surface area (Å²) in [5, 5.41) is 7.13. The zero-order valence-electron chi connectivity index (χ0n) is 14.2. The number of halogens is 3. The van der Waals surface area contributed by atoms with E-state index in [1.165, 1.54) is 24.7 Å². The quantitative estimate of drug-likeness (QED) is 0.565. The van der Waals surface area contributed by atoms with Gasteiger partial charge in [-0.3, -0.25) is 0 Å². The Morgan fingerprint density at radius 3 is 2.88 bits per heavy atom. The zero-order valence-corrected chi connectivity index (χ0v) is 15.1. The van der Waals surface area contributed by atoms with Gasteiger partial charge >= 0.3 is 6.18 Å². The Morgan fingerprint density at radius 1 is 1.36 bits per heavy atom. The number of aliphatic imine (C=N–C) groups is 1. The third kappa shape index (κ3) is 7.90. The van der Waals surface area contributed by atoms with Crippen LogP contribution >= 0.6 is 11.8 Å². The number of thioether (sulfide) groups is 1. The van der Waals surface area contributed by atoms with Gasteiger partial charge in [-0.05, 0) is 43.2 Å². The Labute approximate surface area is 150 Å². The van der Waals surface area contributed by atoms with E-state index < -0.39 is 12.8 Å². The van der Waals surface area contributed by atoms with Gasteiger partial charge in [0.25, 0.3) is 0 Å². The normalized spacial score (nSPS) is 18.2. The van der Waals surface area contributed by atoms with Crippen LogP contribution in [0.15, 0.2) is 29.3 Å². The molecule has 0 radical (unpaired) electrons. The topological polar surface area (TPSA) is 45.7 Å². The molecule has 1 aromatic rings. The Kier molecular flexibility index (Phi) is 7.74. The van der Waals surface area contributed by atoms with Crippen molar-refractivity contribution in [2.45, 2.75) is 37.7 Å². The minimum Gasteiger partial charge on any atom is -0.484 e. The van der Waals surface area contributed by atoms with Crippen molar-refractivity contribution < 1.29 is 17.9 Å². The van der Waals surface area contributed by atoms with Crippen molar-refractivity contribution in [3.05, 3.63) is 29.8 Å². The number of guanidine groups is 1. The second-order valence-corrected chi connectivity index (χ2v) is 7.17. The van der Waals surface area contributed by atoms with Crippen molar-refractivity contribution in [3.63, 3.8) is 0 Å². The summed E-state index contributed by atoms with van der Waals surface area (Å²) in [7, 11) is 0. The van der Waals surface area contributed by atoms with Crippen LogP contribution in [0, 0.1) is 0 Å². The van der Waals surface area contributed by atoms with Crippen LogP contribution in [-0.4, -0.2) is 42.8 Å². The molecule has 0 saturated carbocycles. The highest BCUT2D eigenvalue weighted by Gasteiger charge is 2.28. The van der Waals surface area contributed by atoms with E-state index in [9.17, 15) is 13.2 Å².